The fourth-order valence-electron chi connectivity index (χ4n) is 1.73. The molecule has 1 unspecified atom stereocenters. The second-order valence-corrected chi connectivity index (χ2v) is 4.14. The van der Waals surface area contributed by atoms with Gasteiger partial charge in [0.15, 0.2) is 0 Å². The first-order valence-corrected chi connectivity index (χ1v) is 5.78. The molecular weight excluding hydrogens is 210 g/mol. The molecule has 1 saturated heterocycles. The van der Waals surface area contributed by atoms with Crippen molar-refractivity contribution in [2.45, 2.75) is 18.9 Å². The molecule has 1 aliphatic heterocycles. The average molecular weight is 225 g/mol. The summed E-state index contributed by atoms with van der Waals surface area (Å²) in [7, 11) is 0. The molecule has 0 spiro atoms. The van der Waals surface area contributed by atoms with E-state index in [2.05, 4.69) is 27.5 Å². The minimum absolute atomic E-state index is 0.215. The predicted octanol–water partition coefficient (Wildman–Crippen LogP) is 0.520. The van der Waals surface area contributed by atoms with E-state index in [0.717, 1.165) is 36.8 Å². The van der Waals surface area contributed by atoms with E-state index in [9.17, 15) is 5.11 Å². The minimum Gasteiger partial charge on any atom is -0.391 e. The summed E-state index contributed by atoms with van der Waals surface area (Å²) in [5.41, 5.74) is 0. The minimum atomic E-state index is -0.215. The van der Waals surface area contributed by atoms with Crippen LogP contribution in [0.3, 0.4) is 0 Å². The molecule has 1 aliphatic rings. The largest absolute Gasteiger partial charge is 0.391 e. The number of rotatable bonds is 3. The Bertz CT molecular complexity index is 334. The zero-order valence-corrected chi connectivity index (χ0v) is 9.40. The topological polar surface area (TPSA) is 49.2 Å². The van der Waals surface area contributed by atoms with Crippen molar-refractivity contribution in [3.05, 3.63) is 18.1 Å². The van der Waals surface area contributed by atoms with E-state index < -0.39 is 0 Å². The van der Waals surface area contributed by atoms with Crippen LogP contribution in [-0.2, 0) is 6.42 Å². The second kappa shape index (κ2) is 4.81. The van der Waals surface area contributed by atoms with Crippen LogP contribution in [0.4, 0.5) is 5.82 Å². The van der Waals surface area contributed by atoms with Gasteiger partial charge in [0, 0.05) is 25.7 Å². The average Bonchev–Trinajstić information content (AvgIpc) is 2.66. The van der Waals surface area contributed by atoms with Crippen molar-refractivity contribution in [1.82, 2.24) is 9.97 Å². The molecule has 2 rings (SSSR count). The molecule has 15 heavy (non-hydrogen) atoms. The highest BCUT2D eigenvalue weighted by molar-refractivity contribution is 7.80. The van der Waals surface area contributed by atoms with E-state index in [0.29, 0.717) is 6.54 Å². The summed E-state index contributed by atoms with van der Waals surface area (Å²) in [5, 5.41) is 9.44. The lowest BCUT2D eigenvalue weighted by Gasteiger charge is -2.16. The van der Waals surface area contributed by atoms with Gasteiger partial charge in [-0.05, 0) is 18.2 Å². The quantitative estimate of drug-likeness (QED) is 0.736. The molecule has 1 aromatic rings. The third-order valence-corrected chi connectivity index (χ3v) is 2.74. The van der Waals surface area contributed by atoms with Gasteiger partial charge in [-0.15, -0.1) is 0 Å². The van der Waals surface area contributed by atoms with Crippen molar-refractivity contribution in [3.63, 3.8) is 0 Å². The van der Waals surface area contributed by atoms with Crippen molar-refractivity contribution in [1.29, 1.82) is 0 Å². The van der Waals surface area contributed by atoms with Gasteiger partial charge in [0.2, 0.25) is 0 Å². The summed E-state index contributed by atoms with van der Waals surface area (Å²) in [5.74, 6) is 2.49. The summed E-state index contributed by atoms with van der Waals surface area (Å²) < 4.78 is 0. The van der Waals surface area contributed by atoms with Gasteiger partial charge in [0.25, 0.3) is 0 Å². The summed E-state index contributed by atoms with van der Waals surface area (Å²) in [6.07, 6.45) is 3.17. The van der Waals surface area contributed by atoms with Crippen molar-refractivity contribution in [3.8, 4) is 0 Å². The van der Waals surface area contributed by atoms with Gasteiger partial charge in [-0.3, -0.25) is 0 Å². The van der Waals surface area contributed by atoms with Crippen LogP contribution in [0.5, 0.6) is 0 Å². The number of hydrogen-bond acceptors (Lipinski definition) is 5. The lowest BCUT2D eigenvalue weighted by atomic mass is 10.3. The molecule has 1 aromatic heterocycles. The van der Waals surface area contributed by atoms with Crippen molar-refractivity contribution in [2.24, 2.45) is 0 Å². The molecule has 1 fully saturated rings. The first-order chi connectivity index (χ1) is 7.29. The monoisotopic (exact) mass is 225 g/mol. The second-order valence-electron chi connectivity index (χ2n) is 3.69. The highest BCUT2D eigenvalue weighted by Gasteiger charge is 2.21. The number of hydrogen-bond donors (Lipinski definition) is 2. The maximum absolute atomic E-state index is 9.44. The highest BCUT2D eigenvalue weighted by atomic mass is 32.1. The molecule has 1 N–H and O–H groups in total. The van der Waals surface area contributed by atoms with Crippen LogP contribution in [0, 0.1) is 0 Å². The van der Waals surface area contributed by atoms with Crippen LogP contribution in [0.2, 0.25) is 0 Å². The molecule has 82 valence electrons. The number of nitrogens with zero attached hydrogens (tertiary/aromatic N) is 3. The van der Waals surface area contributed by atoms with Gasteiger partial charge in [0.05, 0.1) is 6.10 Å². The molecular formula is C10H15N3OS. The standard InChI is InChI=1S/C10H15N3OS/c14-8-2-5-13(7-8)10-1-4-11-9(12-10)3-6-15/h1,4,8,14-15H,2-3,5-7H2. The fraction of sp³-hybridized carbons (Fsp3) is 0.600. The van der Waals surface area contributed by atoms with Gasteiger partial charge in [-0.25, -0.2) is 9.97 Å². The van der Waals surface area contributed by atoms with E-state index in [1.54, 1.807) is 6.20 Å². The van der Waals surface area contributed by atoms with Crippen LogP contribution < -0.4 is 4.90 Å². The number of aliphatic hydroxyl groups is 1. The first kappa shape index (κ1) is 10.7. The van der Waals surface area contributed by atoms with Crippen LogP contribution in [0.15, 0.2) is 12.3 Å². The number of anilines is 1. The normalized spacial score (nSPS) is 20.9. The highest BCUT2D eigenvalue weighted by Crippen LogP contribution is 2.17. The Labute approximate surface area is 94.8 Å². The molecule has 1 atom stereocenters. The Hall–Kier alpha value is -0.810. The molecule has 4 nitrogen and oxygen atoms in total. The van der Waals surface area contributed by atoms with E-state index in [4.69, 9.17) is 0 Å². The lowest BCUT2D eigenvalue weighted by Crippen LogP contribution is -2.22. The zero-order valence-electron chi connectivity index (χ0n) is 8.50. The van der Waals surface area contributed by atoms with Crippen LogP contribution in [0.1, 0.15) is 12.2 Å². The van der Waals surface area contributed by atoms with Gasteiger partial charge in [0.1, 0.15) is 11.6 Å². The van der Waals surface area contributed by atoms with E-state index >= 15 is 0 Å². The number of aromatic nitrogens is 2. The maximum atomic E-state index is 9.44. The Morgan fingerprint density at radius 3 is 3.13 bits per heavy atom. The fourth-order valence-corrected chi connectivity index (χ4v) is 1.93. The Kier molecular flexibility index (Phi) is 3.43. The SMILES string of the molecule is OC1CCN(c2ccnc(CCS)n2)C1. The third-order valence-electron chi connectivity index (χ3n) is 2.51. The van der Waals surface area contributed by atoms with Gasteiger partial charge < -0.3 is 10.0 Å². The Morgan fingerprint density at radius 1 is 1.60 bits per heavy atom. The maximum Gasteiger partial charge on any atom is 0.132 e. The molecule has 5 heteroatoms. The molecule has 0 bridgehead atoms. The van der Waals surface area contributed by atoms with E-state index in [1.165, 1.54) is 0 Å². The van der Waals surface area contributed by atoms with Gasteiger partial charge in [-0.2, -0.15) is 12.6 Å². The van der Waals surface area contributed by atoms with Crippen molar-refractivity contribution in [2.75, 3.05) is 23.7 Å². The molecule has 0 aliphatic carbocycles. The summed E-state index contributed by atoms with van der Waals surface area (Å²) in [4.78, 5) is 10.7. The van der Waals surface area contributed by atoms with Crippen LogP contribution in [-0.4, -0.2) is 40.0 Å². The van der Waals surface area contributed by atoms with Gasteiger partial charge >= 0.3 is 0 Å². The van der Waals surface area contributed by atoms with Crippen LogP contribution >= 0.6 is 12.6 Å². The van der Waals surface area contributed by atoms with E-state index in [1.807, 2.05) is 6.07 Å². The Balaban J connectivity index is 2.10. The van der Waals surface area contributed by atoms with E-state index in [-0.39, 0.29) is 6.10 Å². The summed E-state index contributed by atoms with van der Waals surface area (Å²) >= 11 is 4.16. The zero-order chi connectivity index (χ0) is 10.7. The Morgan fingerprint density at radius 2 is 2.47 bits per heavy atom. The lowest BCUT2D eigenvalue weighted by molar-refractivity contribution is 0.198. The molecule has 0 radical (unpaired) electrons. The first-order valence-electron chi connectivity index (χ1n) is 5.15. The number of thiol groups is 1. The molecule has 0 aromatic carbocycles. The number of aliphatic hydroxyl groups excluding tert-OH is 1. The van der Waals surface area contributed by atoms with Crippen LogP contribution in [0.25, 0.3) is 0 Å². The number of aryl methyl sites for hydroxylation is 1. The third kappa shape index (κ3) is 2.60. The summed E-state index contributed by atoms with van der Waals surface area (Å²) in [6.45, 7) is 1.55. The molecule has 0 saturated carbocycles. The number of β-amino-alcohol motifs (C(OH)–C–C–N with tert-alkyl or cyclic N) is 1. The van der Waals surface area contributed by atoms with Crippen molar-refractivity contribution < 1.29 is 5.11 Å². The molecule has 0 amide bonds. The molecule has 2 heterocycles. The van der Waals surface area contributed by atoms with Gasteiger partial charge in [-0.1, -0.05) is 0 Å². The smallest absolute Gasteiger partial charge is 0.132 e. The van der Waals surface area contributed by atoms with Crippen molar-refractivity contribution >= 4 is 18.4 Å². The summed E-state index contributed by atoms with van der Waals surface area (Å²) in [6, 6.07) is 1.89. The predicted molar refractivity (Wildman–Crippen MR) is 62.4 cm³/mol.